The van der Waals surface area contributed by atoms with E-state index < -0.39 is 21.6 Å². The molecule has 0 N–H and O–H groups in total. The predicted octanol–water partition coefficient (Wildman–Crippen LogP) is 6.04. The molecule has 0 aliphatic rings. The van der Waals surface area contributed by atoms with E-state index in [1.807, 2.05) is 19.9 Å². The van der Waals surface area contributed by atoms with Crippen LogP contribution in [0.3, 0.4) is 0 Å². The second kappa shape index (κ2) is 14.0. The lowest BCUT2D eigenvalue weighted by molar-refractivity contribution is -0.140. The summed E-state index contributed by atoms with van der Waals surface area (Å²) < 4.78 is 41.1. The smallest absolute Gasteiger partial charge is 0.305 e. The average molecular weight is 562 g/mol. The molecular weight excluding hydrogens is 531 g/mol. The van der Waals surface area contributed by atoms with Crippen LogP contribution in [0.1, 0.15) is 44.2 Å². The van der Waals surface area contributed by atoms with Crippen molar-refractivity contribution in [2.75, 3.05) is 32.8 Å². The second-order valence-corrected chi connectivity index (χ2v) is 11.6. The summed E-state index contributed by atoms with van der Waals surface area (Å²) in [6.45, 7) is 3.63. The SMILES string of the molecule is CCS(=O)c1cc(C(=CCCCC(=O)OC)c2cc(Cl)c(OC)c(S(=O)CC)c2)cc(Cl)c1OC. The van der Waals surface area contributed by atoms with Gasteiger partial charge in [-0.3, -0.25) is 13.2 Å². The van der Waals surface area contributed by atoms with Gasteiger partial charge in [-0.15, -0.1) is 0 Å². The number of unbranched alkanes of at least 4 members (excludes halogenated alkanes) is 1. The third-order valence-electron chi connectivity index (χ3n) is 5.23. The van der Waals surface area contributed by atoms with Crippen LogP contribution in [0.4, 0.5) is 0 Å². The lowest BCUT2D eigenvalue weighted by Crippen LogP contribution is -2.03. The van der Waals surface area contributed by atoms with Gasteiger partial charge in [0.1, 0.15) is 0 Å². The number of ether oxygens (including phenoxy) is 3. The fourth-order valence-electron chi connectivity index (χ4n) is 3.49. The van der Waals surface area contributed by atoms with E-state index in [-0.39, 0.29) is 12.4 Å². The van der Waals surface area contributed by atoms with Gasteiger partial charge < -0.3 is 14.2 Å². The zero-order valence-electron chi connectivity index (χ0n) is 20.4. The molecule has 0 fully saturated rings. The van der Waals surface area contributed by atoms with Crippen LogP contribution in [0, 0.1) is 0 Å². The Morgan fingerprint density at radius 1 is 0.857 bits per heavy atom. The number of esters is 1. The molecule has 0 amide bonds. The molecule has 192 valence electrons. The molecule has 2 aromatic rings. The molecule has 0 aromatic heterocycles. The maximum Gasteiger partial charge on any atom is 0.305 e. The Hall–Kier alpha value is -1.87. The fourth-order valence-corrected chi connectivity index (χ4v) is 6.13. The van der Waals surface area contributed by atoms with Crippen molar-refractivity contribution in [1.29, 1.82) is 0 Å². The highest BCUT2D eigenvalue weighted by Gasteiger charge is 2.20. The number of rotatable bonds is 12. The van der Waals surface area contributed by atoms with Crippen LogP contribution in [0.2, 0.25) is 10.0 Å². The third-order valence-corrected chi connectivity index (χ3v) is 8.42. The summed E-state index contributed by atoms with van der Waals surface area (Å²) in [4.78, 5) is 12.5. The quantitative estimate of drug-likeness (QED) is 0.232. The predicted molar refractivity (Wildman–Crippen MR) is 143 cm³/mol. The highest BCUT2D eigenvalue weighted by atomic mass is 35.5. The van der Waals surface area contributed by atoms with Gasteiger partial charge in [-0.2, -0.15) is 0 Å². The second-order valence-electron chi connectivity index (χ2n) is 7.33. The zero-order chi connectivity index (χ0) is 26.1. The van der Waals surface area contributed by atoms with Crippen molar-refractivity contribution >= 4 is 56.3 Å². The van der Waals surface area contributed by atoms with Crippen LogP contribution in [-0.2, 0) is 31.1 Å². The number of carbonyl (C=O) groups excluding carboxylic acids is 1. The number of carbonyl (C=O) groups is 1. The minimum absolute atomic E-state index is 0.267. The molecule has 2 rings (SSSR count). The molecular formula is C25H30Cl2O6S2. The first-order chi connectivity index (χ1) is 16.7. The van der Waals surface area contributed by atoms with Crippen LogP contribution >= 0.6 is 23.2 Å². The lowest BCUT2D eigenvalue weighted by Gasteiger charge is -2.17. The molecule has 35 heavy (non-hydrogen) atoms. The summed E-state index contributed by atoms with van der Waals surface area (Å²) in [5.41, 5.74) is 2.13. The standard InChI is InChI=1S/C25H30Cl2O6S2/c1-6-34(29)21-14-16(12-19(26)24(21)32-4)18(10-8-9-11-23(28)31-3)17-13-20(27)25(33-5)22(15-17)35(30)7-2/h10,12-15H,6-9,11H2,1-5H3. The van der Waals surface area contributed by atoms with Crippen LogP contribution < -0.4 is 9.47 Å². The Labute approximate surface area is 221 Å². The lowest BCUT2D eigenvalue weighted by atomic mass is 9.96. The van der Waals surface area contributed by atoms with Gasteiger partial charge in [0.25, 0.3) is 0 Å². The maximum absolute atomic E-state index is 12.8. The first-order valence-electron chi connectivity index (χ1n) is 11.0. The number of hydrogen-bond acceptors (Lipinski definition) is 6. The number of halogens is 2. The van der Waals surface area contributed by atoms with Crippen molar-refractivity contribution < 1.29 is 27.4 Å². The van der Waals surface area contributed by atoms with Gasteiger partial charge in [-0.05, 0) is 53.8 Å². The van der Waals surface area contributed by atoms with Crippen molar-refractivity contribution in [3.05, 3.63) is 51.5 Å². The molecule has 0 bridgehead atoms. The van der Waals surface area contributed by atoms with Crippen molar-refractivity contribution in [2.45, 2.75) is 42.9 Å². The summed E-state index contributed by atoms with van der Waals surface area (Å²) in [6, 6.07) is 7.03. The molecule has 0 saturated carbocycles. The van der Waals surface area contributed by atoms with Crippen molar-refractivity contribution in [2.24, 2.45) is 0 Å². The molecule has 0 aliphatic carbocycles. The van der Waals surface area contributed by atoms with Crippen molar-refractivity contribution in [3.8, 4) is 11.5 Å². The molecule has 2 unspecified atom stereocenters. The minimum atomic E-state index is -1.33. The topological polar surface area (TPSA) is 78.9 Å². The first-order valence-corrected chi connectivity index (χ1v) is 14.4. The van der Waals surface area contributed by atoms with Gasteiger partial charge in [0, 0.05) is 17.9 Å². The first kappa shape index (κ1) is 29.4. The normalized spacial score (nSPS) is 12.5. The summed E-state index contributed by atoms with van der Waals surface area (Å²) in [6.07, 6.45) is 3.33. The Balaban J connectivity index is 2.73. The minimum Gasteiger partial charge on any atom is -0.494 e. The van der Waals surface area contributed by atoms with Gasteiger partial charge in [0.2, 0.25) is 0 Å². The molecule has 6 nitrogen and oxygen atoms in total. The molecule has 0 aliphatic heterocycles. The zero-order valence-corrected chi connectivity index (χ0v) is 23.6. The highest BCUT2D eigenvalue weighted by Crippen LogP contribution is 2.40. The van der Waals surface area contributed by atoms with Gasteiger partial charge in [0.05, 0.1) is 62.8 Å². The third kappa shape index (κ3) is 7.32. The Morgan fingerprint density at radius 2 is 1.31 bits per heavy atom. The summed E-state index contributed by atoms with van der Waals surface area (Å²) in [5.74, 6) is 1.22. The van der Waals surface area contributed by atoms with Gasteiger partial charge >= 0.3 is 5.97 Å². The molecule has 0 heterocycles. The fraction of sp³-hybridized carbons (Fsp3) is 0.400. The van der Waals surface area contributed by atoms with Crippen molar-refractivity contribution in [1.82, 2.24) is 0 Å². The number of methoxy groups -OCH3 is 3. The maximum atomic E-state index is 12.8. The number of allylic oxidation sites excluding steroid dienone is 1. The molecule has 2 aromatic carbocycles. The molecule has 2 atom stereocenters. The highest BCUT2D eigenvalue weighted by molar-refractivity contribution is 7.85. The number of benzene rings is 2. The Bertz CT molecular complexity index is 1070. The monoisotopic (exact) mass is 560 g/mol. The largest absolute Gasteiger partial charge is 0.494 e. The van der Waals surface area contributed by atoms with E-state index in [1.165, 1.54) is 21.3 Å². The molecule has 10 heteroatoms. The van der Waals surface area contributed by atoms with Crippen LogP contribution in [-0.4, -0.2) is 47.2 Å². The van der Waals surface area contributed by atoms with Crippen LogP contribution in [0.5, 0.6) is 11.5 Å². The van der Waals surface area contributed by atoms with E-state index >= 15 is 0 Å². The summed E-state index contributed by atoms with van der Waals surface area (Å²) in [7, 11) is 1.67. The van der Waals surface area contributed by atoms with Gasteiger partial charge in [-0.25, -0.2) is 0 Å². The van der Waals surface area contributed by atoms with E-state index in [4.69, 9.17) is 37.4 Å². The summed E-state index contributed by atoms with van der Waals surface area (Å²) in [5, 5.41) is 0.637. The van der Waals surface area contributed by atoms with Crippen molar-refractivity contribution in [3.63, 3.8) is 0 Å². The van der Waals surface area contributed by atoms with E-state index in [2.05, 4.69) is 0 Å². The molecule has 0 radical (unpaired) electrons. The average Bonchev–Trinajstić information content (AvgIpc) is 2.86. The Kier molecular flexibility index (Phi) is 11.8. The van der Waals surface area contributed by atoms with E-state index in [1.54, 1.807) is 24.3 Å². The van der Waals surface area contributed by atoms with Gasteiger partial charge in [-0.1, -0.05) is 43.1 Å². The summed E-state index contributed by atoms with van der Waals surface area (Å²) >= 11 is 13.1. The van der Waals surface area contributed by atoms with Crippen LogP contribution in [0.15, 0.2) is 40.1 Å². The van der Waals surface area contributed by atoms with Gasteiger partial charge in [0.15, 0.2) is 11.5 Å². The molecule has 0 saturated heterocycles. The molecule has 0 spiro atoms. The number of hydrogen-bond donors (Lipinski definition) is 0. The Morgan fingerprint density at radius 3 is 1.69 bits per heavy atom. The van der Waals surface area contributed by atoms with E-state index in [0.29, 0.717) is 66.8 Å². The van der Waals surface area contributed by atoms with E-state index in [0.717, 1.165) is 5.57 Å². The van der Waals surface area contributed by atoms with E-state index in [9.17, 15) is 13.2 Å². The van der Waals surface area contributed by atoms with Crippen LogP contribution in [0.25, 0.3) is 5.57 Å².